The zero-order valence-electron chi connectivity index (χ0n) is 41.0. The summed E-state index contributed by atoms with van der Waals surface area (Å²) in [6, 6.07) is 83.0. The molecule has 0 atom stereocenters. The van der Waals surface area contributed by atoms with E-state index in [-0.39, 0.29) is 6.71 Å². The minimum Gasteiger partial charge on any atom is -0.458 e. The summed E-state index contributed by atoms with van der Waals surface area (Å²) in [5.41, 5.74) is 18.5. The fourth-order valence-electron chi connectivity index (χ4n) is 14.4. The number of aromatic nitrogens is 5. The van der Waals surface area contributed by atoms with Crippen LogP contribution in [0.5, 0.6) is 34.5 Å². The summed E-state index contributed by atoms with van der Waals surface area (Å²) in [7, 11) is 0. The molecule has 0 saturated carbocycles. The highest BCUT2D eigenvalue weighted by molar-refractivity contribution is 6.99. The van der Waals surface area contributed by atoms with Gasteiger partial charge < -0.3 is 23.3 Å². The maximum absolute atomic E-state index is 7.49. The van der Waals surface area contributed by atoms with E-state index in [1.54, 1.807) is 0 Å². The molecule has 1 spiro atoms. The van der Waals surface area contributed by atoms with Gasteiger partial charge >= 0.3 is 0 Å². The average molecular weight is 984 g/mol. The first-order chi connectivity index (χ1) is 38.2. The molecule has 11 aromatic carbocycles. The molecule has 4 aliphatic heterocycles. The Morgan fingerprint density at radius 3 is 1.26 bits per heavy atom. The van der Waals surface area contributed by atoms with E-state index >= 15 is 0 Å². The van der Waals surface area contributed by atoms with Crippen molar-refractivity contribution in [3.05, 3.63) is 253 Å². The van der Waals surface area contributed by atoms with Crippen molar-refractivity contribution in [3.8, 4) is 51.6 Å². The van der Waals surface area contributed by atoms with E-state index in [1.165, 1.54) is 21.5 Å². The molecule has 0 radical (unpaired) electrons. The predicted molar refractivity (Wildman–Crippen MR) is 308 cm³/mol. The van der Waals surface area contributed by atoms with Gasteiger partial charge in [-0.05, 0) is 94.8 Å². The molecule has 0 fully saturated rings. The lowest BCUT2D eigenvalue weighted by molar-refractivity contribution is 0.431. The third kappa shape index (κ3) is 4.89. The number of benzene rings is 11. The van der Waals surface area contributed by atoms with Crippen LogP contribution in [0.1, 0.15) is 22.3 Å². The van der Waals surface area contributed by atoms with Crippen LogP contribution in [0.4, 0.5) is 0 Å². The highest BCUT2D eigenvalue weighted by Crippen LogP contribution is 2.59. The van der Waals surface area contributed by atoms with Crippen LogP contribution in [-0.4, -0.2) is 29.8 Å². The Hall–Kier alpha value is -10.2. The van der Waals surface area contributed by atoms with Crippen LogP contribution in [-0.2, 0) is 5.41 Å². The molecule has 77 heavy (non-hydrogen) atoms. The van der Waals surface area contributed by atoms with E-state index in [0.717, 1.165) is 140 Å². The number of fused-ring (bicyclic) bond motifs is 17. The highest BCUT2D eigenvalue weighted by atomic mass is 16.5. The normalized spacial score (nSPS) is 14.1. The van der Waals surface area contributed by atoms with E-state index < -0.39 is 5.41 Å². The zero-order chi connectivity index (χ0) is 49.8. The Bertz CT molecular complexity index is 4840. The van der Waals surface area contributed by atoms with Crippen molar-refractivity contribution in [3.63, 3.8) is 0 Å². The van der Waals surface area contributed by atoms with Crippen molar-refractivity contribution in [1.29, 1.82) is 0 Å². The van der Waals surface area contributed by atoms with Gasteiger partial charge in [0.05, 0.1) is 55.2 Å². The molecule has 4 aromatic heterocycles. The quantitative estimate of drug-likeness (QED) is 0.166. The Morgan fingerprint density at radius 1 is 0.312 bits per heavy atom. The summed E-state index contributed by atoms with van der Waals surface area (Å²) < 4.78 is 31.4. The molecule has 9 heteroatoms. The highest BCUT2D eigenvalue weighted by Gasteiger charge is 2.57. The molecule has 0 unspecified atom stereocenters. The van der Waals surface area contributed by atoms with Gasteiger partial charge in [-0.3, -0.25) is 8.97 Å². The number of ether oxygens (including phenoxy) is 3. The molecule has 356 valence electrons. The summed E-state index contributed by atoms with van der Waals surface area (Å²) >= 11 is 0. The van der Waals surface area contributed by atoms with Crippen LogP contribution in [0.25, 0.3) is 88.5 Å². The largest absolute Gasteiger partial charge is 0.458 e. The van der Waals surface area contributed by atoms with Crippen LogP contribution in [0, 0.1) is 0 Å². The summed E-state index contributed by atoms with van der Waals surface area (Å²) in [5.74, 6) is 5.62. The third-order valence-electron chi connectivity index (χ3n) is 17.3. The number of para-hydroxylation sites is 8. The molecular formula is C68H38BN5O3. The minimum absolute atomic E-state index is 0.168. The minimum atomic E-state index is -0.852. The molecule has 4 aliphatic rings. The second kappa shape index (κ2) is 14.1. The zero-order valence-corrected chi connectivity index (χ0v) is 41.0. The third-order valence-corrected chi connectivity index (χ3v) is 17.3. The summed E-state index contributed by atoms with van der Waals surface area (Å²) in [4.78, 5) is 5.23. The molecule has 0 aliphatic carbocycles. The molecule has 8 heterocycles. The van der Waals surface area contributed by atoms with Gasteiger partial charge in [-0.15, -0.1) is 0 Å². The number of hydrogen-bond donors (Lipinski definition) is 0. The molecule has 0 saturated heterocycles. The second-order valence-corrected chi connectivity index (χ2v) is 20.9. The van der Waals surface area contributed by atoms with Crippen LogP contribution >= 0.6 is 0 Å². The van der Waals surface area contributed by atoms with Crippen molar-refractivity contribution in [2.75, 3.05) is 0 Å². The van der Waals surface area contributed by atoms with Gasteiger partial charge in [-0.2, -0.15) is 0 Å². The Morgan fingerprint density at radius 2 is 0.740 bits per heavy atom. The van der Waals surface area contributed by atoms with Crippen molar-refractivity contribution < 1.29 is 14.2 Å². The lowest BCUT2D eigenvalue weighted by atomic mass is 9.29. The molecule has 8 nitrogen and oxygen atoms in total. The van der Waals surface area contributed by atoms with Crippen LogP contribution < -0.4 is 30.6 Å². The molecule has 0 N–H and O–H groups in total. The number of imidazole rings is 2. The molecule has 15 aromatic rings. The van der Waals surface area contributed by atoms with Crippen molar-refractivity contribution in [2.24, 2.45) is 0 Å². The summed E-state index contributed by atoms with van der Waals surface area (Å²) in [6.45, 7) is -0.168. The van der Waals surface area contributed by atoms with Crippen molar-refractivity contribution in [1.82, 2.24) is 23.1 Å². The van der Waals surface area contributed by atoms with Crippen molar-refractivity contribution in [2.45, 2.75) is 5.41 Å². The van der Waals surface area contributed by atoms with E-state index in [2.05, 4.69) is 243 Å². The maximum Gasteiger partial charge on any atom is 0.261 e. The topological polar surface area (TPSA) is 59.8 Å². The van der Waals surface area contributed by atoms with Crippen LogP contribution in [0.15, 0.2) is 231 Å². The number of rotatable bonds is 3. The van der Waals surface area contributed by atoms with Crippen LogP contribution in [0.3, 0.4) is 0 Å². The smallest absolute Gasteiger partial charge is 0.261 e. The summed E-state index contributed by atoms with van der Waals surface area (Å²) in [5, 5.41) is 4.84. The van der Waals surface area contributed by atoms with E-state index in [0.29, 0.717) is 0 Å². The van der Waals surface area contributed by atoms with Gasteiger partial charge in [0.25, 0.3) is 6.71 Å². The van der Waals surface area contributed by atoms with Crippen molar-refractivity contribution >= 4 is 94.6 Å². The molecule has 0 amide bonds. The van der Waals surface area contributed by atoms with E-state index in [9.17, 15) is 0 Å². The van der Waals surface area contributed by atoms with Gasteiger partial charge in [-0.25, -0.2) is 4.98 Å². The molecular weight excluding hydrogens is 946 g/mol. The van der Waals surface area contributed by atoms with Gasteiger partial charge in [0, 0.05) is 73.8 Å². The fourth-order valence-corrected chi connectivity index (χ4v) is 14.4. The maximum atomic E-state index is 7.49. The number of nitrogens with zero attached hydrogens (tertiary/aromatic N) is 5. The SMILES string of the molecule is c1cc2c3c(c1)C1(c4ccc(-n5c6ccccc6c6ccccc65)cc4Oc4cc(-n5c6ccccc6c6ccccc65)ccc41)c1cccc4c1B3c1c(cc(-n3c5ccccc5n5c6ccccc6nc35)cc1O4)O2. The van der Waals surface area contributed by atoms with Gasteiger partial charge in [-0.1, -0.05) is 133 Å². The Balaban J connectivity index is 0.872. The number of hydrogen-bond acceptors (Lipinski definition) is 4. The van der Waals surface area contributed by atoms with Gasteiger partial charge in [0.1, 0.15) is 34.5 Å². The second-order valence-electron chi connectivity index (χ2n) is 20.9. The lowest BCUT2D eigenvalue weighted by Gasteiger charge is -2.49. The first-order valence-electron chi connectivity index (χ1n) is 26.3. The average Bonchev–Trinajstić information content (AvgIpc) is 4.24. The van der Waals surface area contributed by atoms with Gasteiger partial charge in [0.2, 0.25) is 5.78 Å². The van der Waals surface area contributed by atoms with Gasteiger partial charge in [0.15, 0.2) is 0 Å². The first kappa shape index (κ1) is 40.2. The standard InChI is InChI=1S/C68H38BN5O3/c1-6-22-51-42(15-1)43-16-2-7-23-52(43)71(51)39-31-33-46-60(35-39)77-61-36-40(72-53-24-8-3-17-44(53)45-18-4-9-25-54(45)72)32-34-47(61)68(46)48-19-13-29-58-64(48)69-65-49(68)20-14-30-59(65)76-63-38-41(37-62(75-58)66(63)69)73-56-27-11-12-28-57(56)74-55-26-10-5-21-50(55)70-67(73)74/h1-38H. The summed E-state index contributed by atoms with van der Waals surface area (Å²) in [6.07, 6.45) is 0. The first-order valence-corrected chi connectivity index (χ1v) is 26.3. The van der Waals surface area contributed by atoms with E-state index in [1.807, 2.05) is 6.07 Å². The monoisotopic (exact) mass is 983 g/mol. The molecule has 0 bridgehead atoms. The fraction of sp³-hybridized carbons (Fsp3) is 0.0147. The molecule has 19 rings (SSSR count). The lowest BCUT2D eigenvalue weighted by Crippen LogP contribution is -2.65. The Labute approximate surface area is 439 Å². The van der Waals surface area contributed by atoms with E-state index in [4.69, 9.17) is 19.2 Å². The van der Waals surface area contributed by atoms with Crippen LogP contribution in [0.2, 0.25) is 0 Å². The Kier molecular flexibility index (Phi) is 7.37. The predicted octanol–water partition coefficient (Wildman–Crippen LogP) is 14.2.